The Balaban J connectivity index is 2.04. The number of ketones is 1. The van der Waals surface area contributed by atoms with E-state index in [0.29, 0.717) is 17.0 Å². The summed E-state index contributed by atoms with van der Waals surface area (Å²) in [7, 11) is 0. The van der Waals surface area contributed by atoms with E-state index in [2.05, 4.69) is 15.3 Å². The van der Waals surface area contributed by atoms with Crippen LogP contribution in [0.25, 0.3) is 0 Å². The van der Waals surface area contributed by atoms with Crippen molar-refractivity contribution < 1.29 is 4.79 Å². The average molecular weight is 262 g/mol. The molecule has 3 N–H and O–H groups in total. The van der Waals surface area contributed by atoms with Crippen molar-refractivity contribution in [3.05, 3.63) is 41.2 Å². The molecule has 0 aromatic carbocycles. The highest BCUT2D eigenvalue weighted by Gasteiger charge is 2.12. The van der Waals surface area contributed by atoms with Gasteiger partial charge >= 0.3 is 0 Å². The van der Waals surface area contributed by atoms with Crippen LogP contribution in [0.1, 0.15) is 21.7 Å². The van der Waals surface area contributed by atoms with Crippen LogP contribution in [-0.2, 0) is 0 Å². The van der Waals surface area contributed by atoms with Gasteiger partial charge in [0.1, 0.15) is 0 Å². The molecule has 2 heterocycles. The molecule has 0 saturated carbocycles. The lowest BCUT2D eigenvalue weighted by molar-refractivity contribution is 0.104. The maximum atomic E-state index is 12.1. The molecular weight excluding hydrogens is 248 g/mol. The van der Waals surface area contributed by atoms with Gasteiger partial charge in [-0.3, -0.25) is 9.78 Å². The molecule has 94 valence electrons. The lowest BCUT2D eigenvalue weighted by atomic mass is 10.2. The smallest absolute Gasteiger partial charge is 0.206 e. The Hall–Kier alpha value is -1.79. The van der Waals surface area contributed by atoms with Gasteiger partial charge in [0.05, 0.1) is 11.1 Å². The molecule has 0 radical (unpaired) electrons. The normalized spacial score (nSPS) is 10.3. The Morgan fingerprint density at radius 2 is 2.33 bits per heavy atom. The molecule has 5 nitrogen and oxygen atoms in total. The molecule has 18 heavy (non-hydrogen) atoms. The number of carbonyl (C=O) groups excluding carboxylic acids is 1. The number of nitrogens with one attached hydrogen (secondary N) is 1. The van der Waals surface area contributed by atoms with Crippen LogP contribution in [0.3, 0.4) is 0 Å². The lowest BCUT2D eigenvalue weighted by Gasteiger charge is -1.99. The number of nitrogens with two attached hydrogens (primary N) is 1. The summed E-state index contributed by atoms with van der Waals surface area (Å²) >= 11 is 1.35. The third-order valence-corrected chi connectivity index (χ3v) is 3.26. The highest BCUT2D eigenvalue weighted by atomic mass is 32.1. The molecule has 2 rings (SSSR count). The fourth-order valence-corrected chi connectivity index (χ4v) is 2.20. The first kappa shape index (κ1) is 12.7. The van der Waals surface area contributed by atoms with Crippen molar-refractivity contribution in [2.45, 2.75) is 6.42 Å². The molecule has 0 amide bonds. The van der Waals surface area contributed by atoms with Gasteiger partial charge in [-0.25, -0.2) is 4.98 Å². The van der Waals surface area contributed by atoms with E-state index in [0.717, 1.165) is 18.1 Å². The molecule has 0 aliphatic heterocycles. The topological polar surface area (TPSA) is 80.9 Å². The van der Waals surface area contributed by atoms with Crippen molar-refractivity contribution in [1.82, 2.24) is 9.97 Å². The summed E-state index contributed by atoms with van der Waals surface area (Å²) in [5.74, 6) is -0.0486. The van der Waals surface area contributed by atoms with Crippen LogP contribution in [0.4, 0.5) is 5.13 Å². The first-order chi connectivity index (χ1) is 8.81. The minimum atomic E-state index is -0.0486. The molecule has 0 bridgehead atoms. The fourth-order valence-electron chi connectivity index (χ4n) is 1.40. The number of aromatic nitrogens is 2. The summed E-state index contributed by atoms with van der Waals surface area (Å²) < 4.78 is 0. The van der Waals surface area contributed by atoms with E-state index in [1.165, 1.54) is 11.3 Å². The second-order valence-electron chi connectivity index (χ2n) is 3.67. The Morgan fingerprint density at radius 1 is 1.44 bits per heavy atom. The summed E-state index contributed by atoms with van der Waals surface area (Å²) in [5, 5.41) is 3.88. The monoisotopic (exact) mass is 262 g/mol. The van der Waals surface area contributed by atoms with Gasteiger partial charge in [-0.1, -0.05) is 11.3 Å². The van der Waals surface area contributed by atoms with Gasteiger partial charge in [0.2, 0.25) is 5.78 Å². The Bertz CT molecular complexity index is 512. The minimum Gasteiger partial charge on any atom is -0.361 e. The van der Waals surface area contributed by atoms with E-state index < -0.39 is 0 Å². The lowest BCUT2D eigenvalue weighted by Crippen LogP contribution is -2.07. The number of thiazole rings is 1. The number of anilines is 1. The van der Waals surface area contributed by atoms with Crippen molar-refractivity contribution in [2.75, 3.05) is 18.4 Å². The van der Waals surface area contributed by atoms with Gasteiger partial charge < -0.3 is 11.1 Å². The van der Waals surface area contributed by atoms with E-state index >= 15 is 0 Å². The molecule has 0 aliphatic carbocycles. The van der Waals surface area contributed by atoms with Gasteiger partial charge in [0, 0.05) is 24.5 Å². The first-order valence-electron chi connectivity index (χ1n) is 5.66. The molecule has 2 aromatic rings. The van der Waals surface area contributed by atoms with Gasteiger partial charge in [0.25, 0.3) is 0 Å². The second kappa shape index (κ2) is 6.23. The maximum Gasteiger partial charge on any atom is 0.206 e. The molecule has 0 unspecified atom stereocenters. The van der Waals surface area contributed by atoms with Gasteiger partial charge in [-0.2, -0.15) is 0 Å². The van der Waals surface area contributed by atoms with E-state index in [9.17, 15) is 4.79 Å². The van der Waals surface area contributed by atoms with E-state index in [1.54, 1.807) is 30.7 Å². The predicted molar refractivity (Wildman–Crippen MR) is 71.9 cm³/mol. The summed E-state index contributed by atoms with van der Waals surface area (Å²) in [6.45, 7) is 1.41. The molecule has 0 fully saturated rings. The zero-order valence-corrected chi connectivity index (χ0v) is 10.6. The fraction of sp³-hybridized carbons (Fsp3) is 0.250. The Morgan fingerprint density at radius 3 is 3.06 bits per heavy atom. The highest BCUT2D eigenvalue weighted by molar-refractivity contribution is 7.17. The van der Waals surface area contributed by atoms with Crippen LogP contribution >= 0.6 is 11.3 Å². The van der Waals surface area contributed by atoms with Crippen LogP contribution in [0.15, 0.2) is 30.7 Å². The van der Waals surface area contributed by atoms with Crippen LogP contribution < -0.4 is 11.1 Å². The summed E-state index contributed by atoms with van der Waals surface area (Å²) in [4.78, 5) is 20.8. The largest absolute Gasteiger partial charge is 0.361 e. The first-order valence-corrected chi connectivity index (χ1v) is 6.47. The van der Waals surface area contributed by atoms with Crippen LogP contribution in [0.2, 0.25) is 0 Å². The molecular formula is C12H14N4OS. The molecule has 6 heteroatoms. The second-order valence-corrected chi connectivity index (χ2v) is 4.70. The molecule has 0 aliphatic rings. The number of nitrogens with zero attached hydrogens (tertiary/aromatic N) is 2. The van der Waals surface area contributed by atoms with Crippen molar-refractivity contribution in [3.8, 4) is 0 Å². The zero-order valence-electron chi connectivity index (χ0n) is 9.80. The standard InChI is InChI=1S/C12H14N4OS/c13-4-2-6-15-12-16-8-10(18-12)11(17)9-3-1-5-14-7-9/h1,3,5,7-8H,2,4,6,13H2,(H,15,16). The zero-order chi connectivity index (χ0) is 12.8. The SMILES string of the molecule is NCCCNc1ncc(C(=O)c2cccnc2)s1. The molecule has 0 atom stereocenters. The van der Waals surface area contributed by atoms with Crippen molar-refractivity contribution in [1.29, 1.82) is 0 Å². The van der Waals surface area contributed by atoms with E-state index in [4.69, 9.17) is 5.73 Å². The Labute approximate surface area is 109 Å². The highest BCUT2D eigenvalue weighted by Crippen LogP contribution is 2.20. The molecule has 0 saturated heterocycles. The average Bonchev–Trinajstić information content (AvgIpc) is 2.88. The van der Waals surface area contributed by atoms with E-state index in [-0.39, 0.29) is 5.78 Å². The van der Waals surface area contributed by atoms with Gasteiger partial charge in [0.15, 0.2) is 5.13 Å². The number of hydrogen-bond acceptors (Lipinski definition) is 6. The van der Waals surface area contributed by atoms with Crippen LogP contribution in [0.5, 0.6) is 0 Å². The predicted octanol–water partition coefficient (Wildman–Crippen LogP) is 1.53. The molecule has 0 spiro atoms. The Kier molecular flexibility index (Phi) is 4.38. The van der Waals surface area contributed by atoms with Crippen LogP contribution in [-0.4, -0.2) is 28.8 Å². The number of carbonyl (C=O) groups is 1. The molecule has 2 aromatic heterocycles. The van der Waals surface area contributed by atoms with E-state index in [1.807, 2.05) is 0 Å². The number of hydrogen-bond donors (Lipinski definition) is 2. The third-order valence-electron chi connectivity index (χ3n) is 2.31. The number of pyridine rings is 1. The van der Waals surface area contributed by atoms with Crippen molar-refractivity contribution in [2.24, 2.45) is 5.73 Å². The summed E-state index contributed by atoms with van der Waals surface area (Å²) in [5.41, 5.74) is 5.98. The summed E-state index contributed by atoms with van der Waals surface area (Å²) in [6, 6.07) is 3.49. The van der Waals surface area contributed by atoms with Crippen molar-refractivity contribution >= 4 is 22.3 Å². The van der Waals surface area contributed by atoms with Gasteiger partial charge in [-0.15, -0.1) is 0 Å². The minimum absolute atomic E-state index is 0.0486. The quantitative estimate of drug-likeness (QED) is 0.609. The van der Waals surface area contributed by atoms with Gasteiger partial charge in [-0.05, 0) is 25.1 Å². The number of rotatable bonds is 6. The summed E-state index contributed by atoms with van der Waals surface area (Å²) in [6.07, 6.45) is 5.67. The van der Waals surface area contributed by atoms with Crippen molar-refractivity contribution in [3.63, 3.8) is 0 Å². The maximum absolute atomic E-state index is 12.1. The van der Waals surface area contributed by atoms with Crippen LogP contribution in [0, 0.1) is 0 Å². The third kappa shape index (κ3) is 3.12.